The van der Waals surface area contributed by atoms with E-state index >= 15 is 0 Å². The van der Waals surface area contributed by atoms with Crippen LogP contribution in [-0.2, 0) is 4.79 Å². The highest BCUT2D eigenvalue weighted by atomic mass is 79.9. The Morgan fingerprint density at radius 1 is 1.33 bits per heavy atom. The molecule has 0 unspecified atom stereocenters. The minimum Gasteiger partial charge on any atom is -0.398 e. The van der Waals surface area contributed by atoms with Gasteiger partial charge in [0.25, 0.3) is 0 Å². The van der Waals surface area contributed by atoms with Crippen LogP contribution >= 0.6 is 39.3 Å². The van der Waals surface area contributed by atoms with Gasteiger partial charge in [-0.25, -0.2) is 4.39 Å². The molecule has 3 N–H and O–H groups in total. The Bertz CT molecular complexity index is 684. The number of anilines is 2. The lowest BCUT2D eigenvalue weighted by Crippen LogP contribution is -2.14. The average molecular weight is 390 g/mol. The summed E-state index contributed by atoms with van der Waals surface area (Å²) >= 11 is 10.5. The SMILES string of the molecule is Nc1cc(Br)ccc1SCC(=O)Nc1ccc(F)cc1Cl. The first-order valence-electron chi connectivity index (χ1n) is 5.88. The summed E-state index contributed by atoms with van der Waals surface area (Å²) in [5.74, 6) is -0.509. The van der Waals surface area contributed by atoms with Crippen LogP contribution in [0.2, 0.25) is 5.02 Å². The zero-order valence-corrected chi connectivity index (χ0v) is 13.9. The van der Waals surface area contributed by atoms with E-state index in [4.69, 9.17) is 17.3 Å². The summed E-state index contributed by atoms with van der Waals surface area (Å²) in [5, 5.41) is 2.79. The Morgan fingerprint density at radius 2 is 2.10 bits per heavy atom. The lowest BCUT2D eigenvalue weighted by atomic mass is 10.3. The molecule has 2 aromatic rings. The van der Waals surface area contributed by atoms with Crippen LogP contribution < -0.4 is 11.1 Å². The minimum atomic E-state index is -0.449. The standard InChI is InChI=1S/C14H11BrClFN2OS/c15-8-1-4-13(11(18)5-8)21-7-14(20)19-12-3-2-9(17)6-10(12)16/h1-6H,7,18H2,(H,19,20). The largest absolute Gasteiger partial charge is 0.398 e. The molecule has 2 rings (SSSR count). The van der Waals surface area contributed by atoms with Crippen LogP contribution in [0.5, 0.6) is 0 Å². The third-order valence-electron chi connectivity index (χ3n) is 2.54. The number of rotatable bonds is 4. The number of benzene rings is 2. The Morgan fingerprint density at radius 3 is 2.76 bits per heavy atom. The van der Waals surface area contributed by atoms with E-state index in [-0.39, 0.29) is 16.7 Å². The monoisotopic (exact) mass is 388 g/mol. The molecular formula is C14H11BrClFN2OS. The predicted octanol–water partition coefficient (Wildman–Crippen LogP) is 4.55. The number of halogens is 3. The van der Waals surface area contributed by atoms with Gasteiger partial charge in [0.2, 0.25) is 5.91 Å². The van der Waals surface area contributed by atoms with Crippen molar-refractivity contribution in [3.05, 3.63) is 51.7 Å². The zero-order valence-electron chi connectivity index (χ0n) is 10.7. The van der Waals surface area contributed by atoms with Crippen molar-refractivity contribution in [1.29, 1.82) is 0 Å². The van der Waals surface area contributed by atoms with Gasteiger partial charge in [-0.1, -0.05) is 27.5 Å². The third-order valence-corrected chi connectivity index (χ3v) is 4.43. The van der Waals surface area contributed by atoms with Crippen LogP contribution in [0.3, 0.4) is 0 Å². The van der Waals surface area contributed by atoms with Crippen molar-refractivity contribution in [3.8, 4) is 0 Å². The van der Waals surface area contributed by atoms with Crippen molar-refractivity contribution in [2.45, 2.75) is 4.90 Å². The lowest BCUT2D eigenvalue weighted by molar-refractivity contribution is -0.113. The summed E-state index contributed by atoms with van der Waals surface area (Å²) in [6.07, 6.45) is 0. The summed E-state index contributed by atoms with van der Waals surface area (Å²) in [7, 11) is 0. The number of thioether (sulfide) groups is 1. The van der Waals surface area contributed by atoms with Crippen molar-refractivity contribution < 1.29 is 9.18 Å². The molecule has 2 aromatic carbocycles. The van der Waals surface area contributed by atoms with E-state index in [1.807, 2.05) is 12.1 Å². The molecule has 0 fully saturated rings. The van der Waals surface area contributed by atoms with Crippen molar-refractivity contribution in [2.75, 3.05) is 16.8 Å². The smallest absolute Gasteiger partial charge is 0.234 e. The van der Waals surface area contributed by atoms with Crippen LogP contribution in [0.1, 0.15) is 0 Å². The summed E-state index contributed by atoms with van der Waals surface area (Å²) < 4.78 is 13.8. The van der Waals surface area contributed by atoms with E-state index in [2.05, 4.69) is 21.2 Å². The van der Waals surface area contributed by atoms with E-state index in [1.54, 1.807) is 6.07 Å². The van der Waals surface area contributed by atoms with Gasteiger partial charge in [-0.3, -0.25) is 4.79 Å². The molecule has 0 aliphatic rings. The van der Waals surface area contributed by atoms with E-state index in [0.717, 1.165) is 15.4 Å². The van der Waals surface area contributed by atoms with Gasteiger partial charge in [0, 0.05) is 15.1 Å². The molecule has 0 heterocycles. The summed E-state index contributed by atoms with van der Waals surface area (Å²) in [5.41, 5.74) is 6.84. The summed E-state index contributed by atoms with van der Waals surface area (Å²) in [6.45, 7) is 0. The molecule has 0 bridgehead atoms. The number of nitrogens with two attached hydrogens (primary N) is 1. The van der Waals surface area contributed by atoms with Crippen LogP contribution in [0.4, 0.5) is 15.8 Å². The first kappa shape index (κ1) is 16.1. The Balaban J connectivity index is 1.96. The van der Waals surface area contributed by atoms with E-state index in [0.29, 0.717) is 11.4 Å². The molecule has 21 heavy (non-hydrogen) atoms. The van der Waals surface area contributed by atoms with Crippen LogP contribution in [0.25, 0.3) is 0 Å². The fraction of sp³-hybridized carbons (Fsp3) is 0.0714. The molecule has 0 atom stereocenters. The van der Waals surface area contributed by atoms with Gasteiger partial charge < -0.3 is 11.1 Å². The number of carbonyl (C=O) groups excluding carboxylic acids is 1. The second-order valence-electron chi connectivity index (χ2n) is 4.14. The topological polar surface area (TPSA) is 55.1 Å². The average Bonchev–Trinajstić information content (AvgIpc) is 2.41. The molecule has 3 nitrogen and oxygen atoms in total. The molecule has 0 aromatic heterocycles. The maximum atomic E-state index is 12.9. The van der Waals surface area contributed by atoms with Crippen LogP contribution in [0.15, 0.2) is 45.8 Å². The van der Waals surface area contributed by atoms with Gasteiger partial charge in [-0.05, 0) is 36.4 Å². The zero-order chi connectivity index (χ0) is 15.4. The fourth-order valence-electron chi connectivity index (χ4n) is 1.57. The summed E-state index contributed by atoms with van der Waals surface area (Å²) in [4.78, 5) is 12.7. The quantitative estimate of drug-likeness (QED) is 0.595. The molecule has 0 aliphatic heterocycles. The molecule has 7 heteroatoms. The Labute approximate surface area is 139 Å². The number of nitrogens with one attached hydrogen (secondary N) is 1. The number of nitrogen functional groups attached to an aromatic ring is 1. The molecule has 0 radical (unpaired) electrons. The number of carbonyl (C=O) groups is 1. The molecular weight excluding hydrogens is 379 g/mol. The van der Waals surface area contributed by atoms with Crippen molar-refractivity contribution in [1.82, 2.24) is 0 Å². The van der Waals surface area contributed by atoms with Crippen molar-refractivity contribution in [3.63, 3.8) is 0 Å². The lowest BCUT2D eigenvalue weighted by Gasteiger charge is -2.08. The normalized spacial score (nSPS) is 10.4. The molecule has 1 amide bonds. The maximum Gasteiger partial charge on any atom is 0.234 e. The highest BCUT2D eigenvalue weighted by Gasteiger charge is 2.09. The minimum absolute atomic E-state index is 0.163. The van der Waals surface area contributed by atoms with Crippen molar-refractivity contribution >= 4 is 56.6 Å². The number of hydrogen-bond acceptors (Lipinski definition) is 3. The van der Waals surface area contributed by atoms with E-state index in [9.17, 15) is 9.18 Å². The summed E-state index contributed by atoms with van der Waals surface area (Å²) in [6, 6.07) is 9.28. The molecule has 110 valence electrons. The second-order valence-corrected chi connectivity index (χ2v) is 6.48. The van der Waals surface area contributed by atoms with Gasteiger partial charge >= 0.3 is 0 Å². The second kappa shape index (κ2) is 7.15. The number of amides is 1. The number of hydrogen-bond donors (Lipinski definition) is 2. The first-order valence-corrected chi connectivity index (χ1v) is 8.04. The first-order chi connectivity index (χ1) is 9.95. The highest BCUT2D eigenvalue weighted by Crippen LogP contribution is 2.28. The van der Waals surface area contributed by atoms with Gasteiger partial charge in [0.05, 0.1) is 16.5 Å². The molecule has 0 aliphatic carbocycles. The van der Waals surface area contributed by atoms with E-state index < -0.39 is 5.82 Å². The van der Waals surface area contributed by atoms with E-state index in [1.165, 1.54) is 23.9 Å². The van der Waals surface area contributed by atoms with Crippen LogP contribution in [-0.4, -0.2) is 11.7 Å². The third kappa shape index (κ3) is 4.62. The highest BCUT2D eigenvalue weighted by molar-refractivity contribution is 9.10. The molecule has 0 saturated heterocycles. The van der Waals surface area contributed by atoms with Gasteiger partial charge in [-0.15, -0.1) is 11.8 Å². The maximum absolute atomic E-state index is 12.9. The Kier molecular flexibility index (Phi) is 5.50. The van der Waals surface area contributed by atoms with Gasteiger partial charge in [-0.2, -0.15) is 0 Å². The van der Waals surface area contributed by atoms with Crippen LogP contribution in [0, 0.1) is 5.82 Å². The molecule has 0 spiro atoms. The Hall–Kier alpha value is -1.24. The van der Waals surface area contributed by atoms with Crippen molar-refractivity contribution in [2.24, 2.45) is 0 Å². The fourth-order valence-corrected chi connectivity index (χ4v) is 2.91. The van der Waals surface area contributed by atoms with Gasteiger partial charge in [0.15, 0.2) is 0 Å². The predicted molar refractivity (Wildman–Crippen MR) is 89.3 cm³/mol. The molecule has 0 saturated carbocycles. The van der Waals surface area contributed by atoms with Gasteiger partial charge in [0.1, 0.15) is 5.82 Å².